The molecule has 4 aromatic rings. The highest BCUT2D eigenvalue weighted by Crippen LogP contribution is 2.26. The van der Waals surface area contributed by atoms with Gasteiger partial charge in [0.2, 0.25) is 0 Å². The maximum atomic E-state index is 13.3. The van der Waals surface area contributed by atoms with Crippen molar-refractivity contribution in [3.05, 3.63) is 95.1 Å². The standard InChI is InChI=1S/C32H34N4O2S/c1-3-6-23-9-12-25(13-10-23)30-20-28(27-7-4-5-8-29(27)34-30)32(37)35-33-21-24-11-14-31(38-2)26(19-24)22-36-15-17-39-18-16-36/h4-5,7-14,19-21H,3,6,15-18,22H2,1-2H3,(H,35,37). The van der Waals surface area contributed by atoms with Crippen molar-refractivity contribution in [1.82, 2.24) is 15.3 Å². The second kappa shape index (κ2) is 12.9. The molecule has 1 amide bonds. The van der Waals surface area contributed by atoms with Crippen LogP contribution in [0.4, 0.5) is 0 Å². The number of methoxy groups -OCH3 is 1. The summed E-state index contributed by atoms with van der Waals surface area (Å²) in [6, 6.07) is 24.0. The summed E-state index contributed by atoms with van der Waals surface area (Å²) in [6.07, 6.45) is 3.84. The van der Waals surface area contributed by atoms with Crippen molar-refractivity contribution in [2.24, 2.45) is 5.10 Å². The number of nitrogens with zero attached hydrogens (tertiary/aromatic N) is 3. The Balaban J connectivity index is 1.35. The van der Waals surface area contributed by atoms with Gasteiger partial charge in [0.1, 0.15) is 5.75 Å². The van der Waals surface area contributed by atoms with Crippen LogP contribution in [-0.4, -0.2) is 53.7 Å². The molecular weight excluding hydrogens is 504 g/mol. The summed E-state index contributed by atoms with van der Waals surface area (Å²) in [6.45, 7) is 5.16. The molecule has 0 atom stereocenters. The van der Waals surface area contributed by atoms with E-state index in [-0.39, 0.29) is 5.91 Å². The van der Waals surface area contributed by atoms with Gasteiger partial charge in [-0.3, -0.25) is 9.69 Å². The first-order valence-electron chi connectivity index (χ1n) is 13.4. The largest absolute Gasteiger partial charge is 0.496 e. The quantitative estimate of drug-likeness (QED) is 0.204. The number of benzene rings is 3. The lowest BCUT2D eigenvalue weighted by molar-refractivity contribution is 0.0956. The molecule has 0 aliphatic carbocycles. The molecule has 0 spiro atoms. The van der Waals surface area contributed by atoms with Crippen LogP contribution in [0.5, 0.6) is 5.75 Å². The number of aromatic nitrogens is 1. The number of carbonyl (C=O) groups is 1. The van der Waals surface area contributed by atoms with Gasteiger partial charge >= 0.3 is 0 Å². The van der Waals surface area contributed by atoms with Crippen molar-refractivity contribution in [3.8, 4) is 17.0 Å². The van der Waals surface area contributed by atoms with Crippen molar-refractivity contribution in [1.29, 1.82) is 0 Å². The van der Waals surface area contributed by atoms with E-state index >= 15 is 0 Å². The summed E-state index contributed by atoms with van der Waals surface area (Å²) >= 11 is 2.00. The molecule has 0 radical (unpaired) electrons. The molecule has 7 heteroatoms. The molecule has 1 fully saturated rings. The van der Waals surface area contributed by atoms with Crippen molar-refractivity contribution in [2.45, 2.75) is 26.3 Å². The Morgan fingerprint density at radius 2 is 1.87 bits per heavy atom. The third kappa shape index (κ3) is 6.67. The van der Waals surface area contributed by atoms with Gasteiger partial charge in [0.15, 0.2) is 0 Å². The number of rotatable bonds is 9. The first-order valence-corrected chi connectivity index (χ1v) is 14.6. The number of aryl methyl sites for hydroxylation is 1. The number of nitrogens with one attached hydrogen (secondary N) is 1. The minimum absolute atomic E-state index is 0.270. The Morgan fingerprint density at radius 3 is 2.64 bits per heavy atom. The van der Waals surface area contributed by atoms with Gasteiger partial charge in [-0.15, -0.1) is 0 Å². The summed E-state index contributed by atoms with van der Waals surface area (Å²) in [4.78, 5) is 20.6. The van der Waals surface area contributed by atoms with Gasteiger partial charge in [-0.2, -0.15) is 16.9 Å². The van der Waals surface area contributed by atoms with E-state index in [1.165, 1.54) is 5.56 Å². The summed E-state index contributed by atoms with van der Waals surface area (Å²) < 4.78 is 5.60. The highest BCUT2D eigenvalue weighted by Gasteiger charge is 2.15. The van der Waals surface area contributed by atoms with Gasteiger partial charge in [0, 0.05) is 47.7 Å². The molecule has 1 aliphatic heterocycles. The SMILES string of the molecule is CCCc1ccc(-c2cc(C(=O)NN=Cc3ccc(OC)c(CN4CCSCC4)c3)c3ccccc3n2)cc1. The summed E-state index contributed by atoms with van der Waals surface area (Å²) in [5.74, 6) is 2.91. The average molecular weight is 539 g/mol. The molecule has 1 N–H and O–H groups in total. The molecule has 1 aromatic heterocycles. The monoisotopic (exact) mass is 538 g/mol. The number of hydrazone groups is 1. The summed E-state index contributed by atoms with van der Waals surface area (Å²) in [5.41, 5.74) is 9.13. The molecule has 39 heavy (non-hydrogen) atoms. The Kier molecular flexibility index (Phi) is 8.91. The van der Waals surface area contributed by atoms with Crippen LogP contribution < -0.4 is 10.2 Å². The number of pyridine rings is 1. The predicted molar refractivity (Wildman–Crippen MR) is 162 cm³/mol. The smallest absolute Gasteiger partial charge is 0.272 e. The van der Waals surface area contributed by atoms with Crippen molar-refractivity contribution in [2.75, 3.05) is 31.7 Å². The summed E-state index contributed by atoms with van der Waals surface area (Å²) in [5, 5.41) is 5.09. The van der Waals surface area contributed by atoms with Crippen LogP contribution in [0.15, 0.2) is 77.9 Å². The molecule has 2 heterocycles. The maximum absolute atomic E-state index is 13.3. The highest BCUT2D eigenvalue weighted by atomic mass is 32.2. The van der Waals surface area contributed by atoms with Crippen LogP contribution in [-0.2, 0) is 13.0 Å². The number of fused-ring (bicyclic) bond motifs is 1. The summed E-state index contributed by atoms with van der Waals surface area (Å²) in [7, 11) is 1.70. The number of thioether (sulfide) groups is 1. The second-order valence-electron chi connectivity index (χ2n) is 9.68. The number of carbonyl (C=O) groups excluding carboxylic acids is 1. The van der Waals surface area contributed by atoms with Gasteiger partial charge < -0.3 is 4.74 Å². The first-order chi connectivity index (χ1) is 19.1. The van der Waals surface area contributed by atoms with Gasteiger partial charge in [0.05, 0.1) is 30.1 Å². The van der Waals surface area contributed by atoms with Crippen LogP contribution >= 0.6 is 11.8 Å². The van der Waals surface area contributed by atoms with Gasteiger partial charge in [0.25, 0.3) is 5.91 Å². The molecule has 0 bridgehead atoms. The van der Waals surface area contributed by atoms with E-state index in [1.54, 1.807) is 13.3 Å². The predicted octanol–water partition coefficient (Wildman–Crippen LogP) is 6.18. The van der Waals surface area contributed by atoms with Crippen LogP contribution in [0.1, 0.15) is 40.4 Å². The molecule has 5 rings (SSSR count). The van der Waals surface area contributed by atoms with Crippen LogP contribution in [0.25, 0.3) is 22.2 Å². The van der Waals surface area contributed by atoms with Crippen LogP contribution in [0.2, 0.25) is 0 Å². The van der Waals surface area contributed by atoms with Crippen molar-refractivity contribution < 1.29 is 9.53 Å². The van der Waals surface area contributed by atoms with Crippen molar-refractivity contribution >= 4 is 34.8 Å². The molecular formula is C32H34N4O2S. The fourth-order valence-electron chi connectivity index (χ4n) is 4.87. The normalized spacial score (nSPS) is 14.1. The first kappa shape index (κ1) is 26.9. The van der Waals surface area contributed by atoms with E-state index < -0.39 is 0 Å². The number of para-hydroxylation sites is 1. The lowest BCUT2D eigenvalue weighted by atomic mass is 10.0. The van der Waals surface area contributed by atoms with Gasteiger partial charge in [-0.25, -0.2) is 10.4 Å². The zero-order valence-corrected chi connectivity index (χ0v) is 23.3. The number of ether oxygens (including phenoxy) is 1. The number of hydrogen-bond donors (Lipinski definition) is 1. The number of amides is 1. The lowest BCUT2D eigenvalue weighted by Gasteiger charge is -2.26. The zero-order chi connectivity index (χ0) is 27.0. The van der Waals surface area contributed by atoms with E-state index in [1.807, 2.05) is 54.2 Å². The minimum Gasteiger partial charge on any atom is -0.496 e. The lowest BCUT2D eigenvalue weighted by Crippen LogP contribution is -2.32. The molecule has 0 unspecified atom stereocenters. The molecule has 200 valence electrons. The Labute approximate surface area is 234 Å². The van der Waals surface area contributed by atoms with Gasteiger partial charge in [-0.05, 0) is 47.9 Å². The molecule has 6 nitrogen and oxygen atoms in total. The topological polar surface area (TPSA) is 66.8 Å². The molecule has 1 aliphatic rings. The van der Waals surface area contributed by atoms with Crippen molar-refractivity contribution in [3.63, 3.8) is 0 Å². The van der Waals surface area contributed by atoms with E-state index in [0.717, 1.165) is 83.0 Å². The van der Waals surface area contributed by atoms with E-state index in [9.17, 15) is 4.79 Å². The van der Waals surface area contributed by atoms with E-state index in [0.29, 0.717) is 5.56 Å². The van der Waals surface area contributed by atoms with Crippen LogP contribution in [0, 0.1) is 0 Å². The van der Waals surface area contributed by atoms with E-state index in [2.05, 4.69) is 52.7 Å². The highest BCUT2D eigenvalue weighted by molar-refractivity contribution is 7.99. The minimum atomic E-state index is -0.270. The molecule has 1 saturated heterocycles. The fourth-order valence-corrected chi connectivity index (χ4v) is 5.85. The third-order valence-corrected chi connectivity index (χ3v) is 7.87. The third-order valence-electron chi connectivity index (χ3n) is 6.93. The Morgan fingerprint density at radius 1 is 1.08 bits per heavy atom. The molecule has 3 aromatic carbocycles. The van der Waals surface area contributed by atoms with Crippen LogP contribution in [0.3, 0.4) is 0 Å². The van der Waals surface area contributed by atoms with Gasteiger partial charge in [-0.1, -0.05) is 55.8 Å². The zero-order valence-electron chi connectivity index (χ0n) is 22.5. The maximum Gasteiger partial charge on any atom is 0.272 e. The second-order valence-corrected chi connectivity index (χ2v) is 10.9. The average Bonchev–Trinajstić information content (AvgIpc) is 2.98. The Bertz CT molecular complexity index is 1460. The van der Waals surface area contributed by atoms with E-state index in [4.69, 9.17) is 9.72 Å². The number of hydrogen-bond acceptors (Lipinski definition) is 6. The molecule has 0 saturated carbocycles. The Hall–Kier alpha value is -3.68. The fraction of sp³-hybridized carbons (Fsp3) is 0.281.